The van der Waals surface area contributed by atoms with Crippen LogP contribution >= 0.6 is 11.6 Å². The number of nitrogens with one attached hydrogen (secondary N) is 2. The van der Waals surface area contributed by atoms with Gasteiger partial charge in [0.25, 0.3) is 5.91 Å². The number of carbonyl (C=O) groups is 1. The van der Waals surface area contributed by atoms with Gasteiger partial charge >= 0.3 is 0 Å². The molecule has 0 bridgehead atoms. The lowest BCUT2D eigenvalue weighted by Gasteiger charge is -2.09. The van der Waals surface area contributed by atoms with Gasteiger partial charge in [0.2, 0.25) is 0 Å². The summed E-state index contributed by atoms with van der Waals surface area (Å²) in [5.41, 5.74) is 1.34. The molecule has 2 N–H and O–H groups in total. The largest absolute Gasteiger partial charge is 0.370 e. The molecule has 0 radical (unpaired) electrons. The highest BCUT2D eigenvalue weighted by Gasteiger charge is 2.11. The van der Waals surface area contributed by atoms with E-state index in [9.17, 15) is 4.79 Å². The Labute approximate surface area is 128 Å². The number of anilines is 2. The van der Waals surface area contributed by atoms with Gasteiger partial charge in [0.05, 0.1) is 0 Å². The van der Waals surface area contributed by atoms with Gasteiger partial charge < -0.3 is 10.6 Å². The Bertz CT molecular complexity index is 645. The predicted molar refractivity (Wildman–Crippen MR) is 85.0 cm³/mol. The van der Waals surface area contributed by atoms with Crippen molar-refractivity contribution >= 4 is 29.1 Å². The topological polar surface area (TPSA) is 66.9 Å². The number of nitrogens with zero attached hydrogens (tertiary/aromatic N) is 2. The molecule has 0 spiro atoms. The molecular formula is C15H17ClN4O. The van der Waals surface area contributed by atoms with Gasteiger partial charge in [-0.25, -0.2) is 9.97 Å². The van der Waals surface area contributed by atoms with E-state index in [1.54, 1.807) is 12.3 Å². The van der Waals surface area contributed by atoms with E-state index in [1.165, 1.54) is 6.07 Å². The first-order valence-electron chi connectivity index (χ1n) is 6.74. The van der Waals surface area contributed by atoms with E-state index >= 15 is 0 Å². The second kappa shape index (κ2) is 7.04. The van der Waals surface area contributed by atoms with Gasteiger partial charge in [0, 0.05) is 18.3 Å². The summed E-state index contributed by atoms with van der Waals surface area (Å²) in [6, 6.07) is 6.92. The van der Waals surface area contributed by atoms with Gasteiger partial charge in [-0.05, 0) is 37.1 Å². The third-order valence-corrected chi connectivity index (χ3v) is 3.05. The van der Waals surface area contributed by atoms with Crippen molar-refractivity contribution in [3.63, 3.8) is 0 Å². The van der Waals surface area contributed by atoms with E-state index in [4.69, 9.17) is 11.6 Å². The number of aromatic nitrogens is 2. The number of aryl methyl sites for hydroxylation is 1. The van der Waals surface area contributed by atoms with Gasteiger partial charge in [-0.15, -0.1) is 0 Å². The SMILES string of the molecule is CCCNc1cc(C(=O)Nc2ncccc2C)cc(Cl)n1. The van der Waals surface area contributed by atoms with Crippen LogP contribution in [0.4, 0.5) is 11.6 Å². The second-order valence-corrected chi connectivity index (χ2v) is 5.00. The smallest absolute Gasteiger partial charge is 0.257 e. The molecule has 0 aliphatic rings. The van der Waals surface area contributed by atoms with Crippen LogP contribution in [0.1, 0.15) is 29.3 Å². The van der Waals surface area contributed by atoms with Crippen molar-refractivity contribution in [1.82, 2.24) is 9.97 Å². The first-order chi connectivity index (χ1) is 10.1. The maximum atomic E-state index is 12.3. The lowest BCUT2D eigenvalue weighted by atomic mass is 10.2. The molecule has 0 aliphatic carbocycles. The minimum Gasteiger partial charge on any atom is -0.370 e. The first kappa shape index (κ1) is 15.3. The minimum absolute atomic E-state index is 0.263. The fourth-order valence-corrected chi connectivity index (χ4v) is 1.98. The van der Waals surface area contributed by atoms with Crippen molar-refractivity contribution in [3.8, 4) is 0 Å². The molecular weight excluding hydrogens is 288 g/mol. The molecule has 2 aromatic heterocycles. The van der Waals surface area contributed by atoms with E-state index in [0.29, 0.717) is 17.2 Å². The zero-order chi connectivity index (χ0) is 15.2. The van der Waals surface area contributed by atoms with E-state index in [-0.39, 0.29) is 11.1 Å². The van der Waals surface area contributed by atoms with Crippen molar-refractivity contribution in [2.45, 2.75) is 20.3 Å². The van der Waals surface area contributed by atoms with Crippen LogP contribution < -0.4 is 10.6 Å². The highest BCUT2D eigenvalue weighted by atomic mass is 35.5. The van der Waals surface area contributed by atoms with Crippen molar-refractivity contribution in [1.29, 1.82) is 0 Å². The van der Waals surface area contributed by atoms with E-state index in [2.05, 4.69) is 27.5 Å². The Morgan fingerprint density at radius 2 is 2.19 bits per heavy atom. The van der Waals surface area contributed by atoms with Crippen LogP contribution in [-0.4, -0.2) is 22.4 Å². The van der Waals surface area contributed by atoms with Gasteiger partial charge in [0.15, 0.2) is 0 Å². The quantitative estimate of drug-likeness (QED) is 0.830. The summed E-state index contributed by atoms with van der Waals surface area (Å²) in [5, 5.41) is 6.16. The third kappa shape index (κ3) is 4.16. The van der Waals surface area contributed by atoms with Crippen LogP contribution in [0.2, 0.25) is 5.15 Å². The summed E-state index contributed by atoms with van der Waals surface area (Å²) in [4.78, 5) is 20.6. The second-order valence-electron chi connectivity index (χ2n) is 4.61. The Hall–Kier alpha value is -2.14. The molecule has 2 heterocycles. The van der Waals surface area contributed by atoms with Crippen molar-refractivity contribution < 1.29 is 4.79 Å². The molecule has 0 atom stereocenters. The molecule has 0 fully saturated rings. The van der Waals surface area contributed by atoms with E-state index in [0.717, 1.165) is 18.5 Å². The number of rotatable bonds is 5. The average molecular weight is 305 g/mol. The van der Waals surface area contributed by atoms with Gasteiger partial charge in [-0.3, -0.25) is 4.79 Å². The molecule has 5 nitrogen and oxygen atoms in total. The highest BCUT2D eigenvalue weighted by molar-refractivity contribution is 6.30. The molecule has 0 saturated carbocycles. The molecule has 2 aromatic rings. The van der Waals surface area contributed by atoms with Gasteiger partial charge in [-0.1, -0.05) is 24.6 Å². The number of hydrogen-bond acceptors (Lipinski definition) is 4. The highest BCUT2D eigenvalue weighted by Crippen LogP contribution is 2.17. The normalized spacial score (nSPS) is 10.2. The third-order valence-electron chi connectivity index (χ3n) is 2.85. The number of hydrogen-bond donors (Lipinski definition) is 2. The summed E-state index contributed by atoms with van der Waals surface area (Å²) in [6.45, 7) is 4.71. The molecule has 0 aromatic carbocycles. The monoisotopic (exact) mass is 304 g/mol. The van der Waals surface area contributed by atoms with Crippen molar-refractivity contribution in [2.24, 2.45) is 0 Å². The number of halogens is 1. The lowest BCUT2D eigenvalue weighted by Crippen LogP contribution is -2.15. The minimum atomic E-state index is -0.263. The molecule has 0 saturated heterocycles. The maximum absolute atomic E-state index is 12.3. The van der Waals surface area contributed by atoms with Crippen molar-refractivity contribution in [3.05, 3.63) is 46.7 Å². The summed E-state index contributed by atoms with van der Waals surface area (Å²) in [7, 11) is 0. The molecule has 21 heavy (non-hydrogen) atoms. The zero-order valence-electron chi connectivity index (χ0n) is 12.0. The number of amides is 1. The predicted octanol–water partition coefficient (Wildman–Crippen LogP) is 3.51. The van der Waals surface area contributed by atoms with Crippen LogP contribution in [0.5, 0.6) is 0 Å². The molecule has 6 heteroatoms. The summed E-state index contributed by atoms with van der Waals surface area (Å²) >= 11 is 5.96. The standard InChI is InChI=1S/C15H17ClN4O/c1-3-6-17-13-9-11(8-12(16)19-13)15(21)20-14-10(2)5-4-7-18-14/h4-5,7-9H,3,6H2,1-2H3,(H,17,19)(H,18,20,21). The average Bonchev–Trinajstić information content (AvgIpc) is 2.47. The van der Waals surface area contributed by atoms with Crippen LogP contribution in [0.3, 0.4) is 0 Å². The number of carbonyl (C=O) groups excluding carboxylic acids is 1. The molecule has 110 valence electrons. The molecule has 0 unspecified atom stereocenters. The summed E-state index contributed by atoms with van der Waals surface area (Å²) in [5.74, 6) is 0.867. The Morgan fingerprint density at radius 1 is 1.38 bits per heavy atom. The number of pyridine rings is 2. The molecule has 1 amide bonds. The lowest BCUT2D eigenvalue weighted by molar-refractivity contribution is 0.102. The summed E-state index contributed by atoms with van der Waals surface area (Å²) in [6.07, 6.45) is 2.60. The Kier molecular flexibility index (Phi) is 5.11. The maximum Gasteiger partial charge on any atom is 0.257 e. The Balaban J connectivity index is 2.19. The van der Waals surface area contributed by atoms with E-state index < -0.39 is 0 Å². The fourth-order valence-electron chi connectivity index (χ4n) is 1.77. The van der Waals surface area contributed by atoms with Crippen LogP contribution in [-0.2, 0) is 0 Å². The van der Waals surface area contributed by atoms with Gasteiger partial charge in [0.1, 0.15) is 16.8 Å². The fraction of sp³-hybridized carbons (Fsp3) is 0.267. The van der Waals surface area contributed by atoms with Crippen molar-refractivity contribution in [2.75, 3.05) is 17.2 Å². The first-order valence-corrected chi connectivity index (χ1v) is 7.12. The molecule has 0 aliphatic heterocycles. The van der Waals surface area contributed by atoms with Gasteiger partial charge in [-0.2, -0.15) is 0 Å². The Morgan fingerprint density at radius 3 is 2.90 bits per heavy atom. The molecule has 2 rings (SSSR count). The van der Waals surface area contributed by atoms with Crippen LogP contribution in [0.15, 0.2) is 30.5 Å². The zero-order valence-corrected chi connectivity index (χ0v) is 12.7. The van der Waals surface area contributed by atoms with Crippen LogP contribution in [0, 0.1) is 6.92 Å². The van der Waals surface area contributed by atoms with Crippen LogP contribution in [0.25, 0.3) is 0 Å². The summed E-state index contributed by atoms with van der Waals surface area (Å²) < 4.78 is 0. The van der Waals surface area contributed by atoms with E-state index in [1.807, 2.05) is 19.1 Å².